The molecule has 0 heteroatoms. The summed E-state index contributed by atoms with van der Waals surface area (Å²) in [4.78, 5) is 0. The van der Waals surface area contributed by atoms with Crippen molar-refractivity contribution in [1.29, 1.82) is 0 Å². The summed E-state index contributed by atoms with van der Waals surface area (Å²) < 4.78 is 0. The molecule has 0 amide bonds. The van der Waals surface area contributed by atoms with Crippen LogP contribution in [0.2, 0.25) is 0 Å². The molecule has 0 heterocycles. The molecule has 2 aromatic rings. The molecule has 1 saturated carbocycles. The Morgan fingerprint density at radius 2 is 1.33 bits per heavy atom. The van der Waals surface area contributed by atoms with E-state index in [4.69, 9.17) is 0 Å². The minimum atomic E-state index is 0. The molecule has 0 saturated heterocycles. The van der Waals surface area contributed by atoms with E-state index in [0.717, 1.165) is 11.8 Å². The van der Waals surface area contributed by atoms with Gasteiger partial charge in [0.1, 0.15) is 0 Å². The van der Waals surface area contributed by atoms with Gasteiger partial charge in [0.15, 0.2) is 0 Å². The van der Waals surface area contributed by atoms with E-state index in [9.17, 15) is 0 Å². The molecule has 0 aromatic heterocycles. The Labute approximate surface area is 151 Å². The average molecular weight is 327 g/mol. The van der Waals surface area contributed by atoms with E-state index in [1.807, 2.05) is 0 Å². The highest BCUT2D eigenvalue weighted by molar-refractivity contribution is 5.69. The second-order valence-corrected chi connectivity index (χ2v) is 7.26. The Morgan fingerprint density at radius 1 is 0.750 bits per heavy atom. The van der Waals surface area contributed by atoms with E-state index >= 15 is 0 Å². The molecular formula is C24H38. The van der Waals surface area contributed by atoms with Crippen LogP contribution in [0.5, 0.6) is 0 Å². The SMILES string of the molecule is C.C.Cc1ccc(-c2ccc(C3CCC(C)CC3)cc2)c(C)c1C.[HH]. The number of hydrogen-bond acceptors (Lipinski definition) is 0. The van der Waals surface area contributed by atoms with Gasteiger partial charge in [0.05, 0.1) is 0 Å². The van der Waals surface area contributed by atoms with Gasteiger partial charge in [-0.15, -0.1) is 0 Å². The van der Waals surface area contributed by atoms with Crippen LogP contribution >= 0.6 is 0 Å². The summed E-state index contributed by atoms with van der Waals surface area (Å²) in [6.07, 6.45) is 5.51. The van der Waals surface area contributed by atoms with E-state index in [-0.39, 0.29) is 16.3 Å². The third-order valence-electron chi connectivity index (χ3n) is 5.77. The Hall–Kier alpha value is -1.56. The first-order chi connectivity index (χ1) is 10.6. The van der Waals surface area contributed by atoms with Crippen LogP contribution in [0.4, 0.5) is 0 Å². The molecule has 0 spiro atoms. The smallest absolute Gasteiger partial charge is 0 e. The van der Waals surface area contributed by atoms with Gasteiger partial charge < -0.3 is 0 Å². The summed E-state index contributed by atoms with van der Waals surface area (Å²) in [5.74, 6) is 1.71. The molecule has 1 fully saturated rings. The van der Waals surface area contributed by atoms with Crippen molar-refractivity contribution < 1.29 is 1.43 Å². The molecular weight excluding hydrogens is 288 g/mol. The topological polar surface area (TPSA) is 0 Å². The summed E-state index contributed by atoms with van der Waals surface area (Å²) in [7, 11) is 0. The Bertz CT molecular complexity index is 647. The van der Waals surface area contributed by atoms with Gasteiger partial charge in [0.2, 0.25) is 0 Å². The lowest BCUT2D eigenvalue weighted by Crippen LogP contribution is -2.10. The standard InChI is InChI=1S/C22H28.2CH4.H2/c1-15-5-8-19(9-6-15)20-10-12-21(13-11-20)22-14-7-16(2)17(3)18(22)4;;;/h7,10-15,19H,5-6,8-9H2,1-4H3;2*1H4;1H. The molecule has 3 rings (SSSR count). The van der Waals surface area contributed by atoms with E-state index in [1.165, 1.54) is 59.1 Å². The molecule has 1 aliphatic carbocycles. The van der Waals surface area contributed by atoms with Gasteiger partial charge in [-0.2, -0.15) is 0 Å². The predicted molar refractivity (Wildman–Crippen MR) is 112 cm³/mol. The molecule has 0 atom stereocenters. The molecule has 2 aromatic carbocycles. The molecule has 0 radical (unpaired) electrons. The van der Waals surface area contributed by atoms with E-state index in [0.29, 0.717) is 0 Å². The maximum atomic E-state index is 2.39. The molecule has 1 aliphatic rings. The third-order valence-corrected chi connectivity index (χ3v) is 5.77. The molecule has 0 nitrogen and oxygen atoms in total. The zero-order chi connectivity index (χ0) is 15.7. The van der Waals surface area contributed by atoms with Gasteiger partial charge >= 0.3 is 0 Å². The van der Waals surface area contributed by atoms with Crippen molar-refractivity contribution in [2.45, 2.75) is 74.1 Å². The lowest BCUT2D eigenvalue weighted by molar-refractivity contribution is 0.348. The maximum absolute atomic E-state index is 2.39. The van der Waals surface area contributed by atoms with Crippen molar-refractivity contribution >= 4 is 0 Å². The molecule has 0 unspecified atom stereocenters. The van der Waals surface area contributed by atoms with Crippen molar-refractivity contribution in [3.05, 3.63) is 58.7 Å². The highest BCUT2D eigenvalue weighted by Gasteiger charge is 2.19. The van der Waals surface area contributed by atoms with Crippen LogP contribution < -0.4 is 0 Å². The van der Waals surface area contributed by atoms with E-state index in [1.54, 1.807) is 0 Å². The van der Waals surface area contributed by atoms with Crippen molar-refractivity contribution in [2.24, 2.45) is 5.92 Å². The fourth-order valence-corrected chi connectivity index (χ4v) is 3.80. The Kier molecular flexibility index (Phi) is 7.27. The second-order valence-electron chi connectivity index (χ2n) is 7.26. The zero-order valence-electron chi connectivity index (χ0n) is 14.4. The highest BCUT2D eigenvalue weighted by atomic mass is 14.2. The first-order valence-electron chi connectivity index (χ1n) is 8.73. The lowest BCUT2D eigenvalue weighted by atomic mass is 9.79. The normalized spacial score (nSPS) is 20.0. The monoisotopic (exact) mass is 326 g/mol. The van der Waals surface area contributed by atoms with Crippen molar-refractivity contribution in [2.75, 3.05) is 0 Å². The van der Waals surface area contributed by atoms with Gasteiger partial charge in [-0.1, -0.05) is 71.0 Å². The molecule has 0 bridgehead atoms. The van der Waals surface area contributed by atoms with Gasteiger partial charge in [0, 0.05) is 1.43 Å². The van der Waals surface area contributed by atoms with Crippen LogP contribution in [0.25, 0.3) is 11.1 Å². The minimum absolute atomic E-state index is 0. The van der Waals surface area contributed by atoms with Crippen molar-refractivity contribution in [3.8, 4) is 11.1 Å². The lowest BCUT2D eigenvalue weighted by Gasteiger charge is -2.26. The van der Waals surface area contributed by atoms with Gasteiger partial charge in [-0.25, -0.2) is 0 Å². The van der Waals surface area contributed by atoms with Gasteiger partial charge in [-0.3, -0.25) is 0 Å². The van der Waals surface area contributed by atoms with Crippen LogP contribution in [0.15, 0.2) is 36.4 Å². The summed E-state index contributed by atoms with van der Waals surface area (Å²) in [6, 6.07) is 13.9. The largest absolute Gasteiger partial charge is 0.0776 e. The Balaban J connectivity index is 0.00000192. The van der Waals surface area contributed by atoms with Crippen LogP contribution in [-0.2, 0) is 0 Å². The minimum Gasteiger partial charge on any atom is -0.0776 e. The number of benzene rings is 2. The third kappa shape index (κ3) is 4.09. The summed E-state index contributed by atoms with van der Waals surface area (Å²) in [5.41, 5.74) is 8.49. The molecule has 0 aliphatic heterocycles. The summed E-state index contributed by atoms with van der Waals surface area (Å²) >= 11 is 0. The number of rotatable bonds is 2. The van der Waals surface area contributed by atoms with Crippen LogP contribution in [0, 0.1) is 26.7 Å². The quantitative estimate of drug-likeness (QED) is 0.523. The number of hydrogen-bond donors (Lipinski definition) is 0. The molecule has 134 valence electrons. The average Bonchev–Trinajstić information content (AvgIpc) is 2.54. The maximum Gasteiger partial charge on any atom is 0 e. The summed E-state index contributed by atoms with van der Waals surface area (Å²) in [5, 5.41) is 0. The second kappa shape index (κ2) is 8.51. The number of aryl methyl sites for hydroxylation is 1. The van der Waals surface area contributed by atoms with Crippen molar-refractivity contribution in [3.63, 3.8) is 0 Å². The summed E-state index contributed by atoms with van der Waals surface area (Å²) in [6.45, 7) is 9.06. The molecule has 0 N–H and O–H groups in total. The van der Waals surface area contributed by atoms with Gasteiger partial charge in [0.25, 0.3) is 0 Å². The molecule has 24 heavy (non-hydrogen) atoms. The first kappa shape index (κ1) is 20.5. The fraction of sp³-hybridized carbons (Fsp3) is 0.500. The van der Waals surface area contributed by atoms with Crippen molar-refractivity contribution in [1.82, 2.24) is 0 Å². The van der Waals surface area contributed by atoms with Gasteiger partial charge in [-0.05, 0) is 78.8 Å². The van der Waals surface area contributed by atoms with E-state index in [2.05, 4.69) is 64.1 Å². The highest BCUT2D eigenvalue weighted by Crippen LogP contribution is 2.36. The fourth-order valence-electron chi connectivity index (χ4n) is 3.80. The van der Waals surface area contributed by atoms with Crippen LogP contribution in [0.3, 0.4) is 0 Å². The van der Waals surface area contributed by atoms with Crippen LogP contribution in [-0.4, -0.2) is 0 Å². The van der Waals surface area contributed by atoms with E-state index < -0.39 is 0 Å². The predicted octanol–water partition coefficient (Wildman–Crippen LogP) is 8.09. The Morgan fingerprint density at radius 3 is 1.92 bits per heavy atom. The first-order valence-corrected chi connectivity index (χ1v) is 8.73. The van der Waals surface area contributed by atoms with Crippen LogP contribution in [0.1, 0.15) is 77.1 Å². The zero-order valence-corrected chi connectivity index (χ0v) is 14.4.